The van der Waals surface area contributed by atoms with Crippen LogP contribution in [0.4, 0.5) is 0 Å². The highest BCUT2D eigenvalue weighted by Crippen LogP contribution is 2.12. The van der Waals surface area contributed by atoms with Gasteiger partial charge >= 0.3 is 0 Å². The van der Waals surface area contributed by atoms with Crippen LogP contribution >= 0.6 is 24.8 Å². The lowest BCUT2D eigenvalue weighted by molar-refractivity contribution is 0.0327. The lowest BCUT2D eigenvalue weighted by Crippen LogP contribution is -2.25. The Labute approximate surface area is 69.7 Å². The average molecular weight is 175 g/mol. The smallest absolute Gasteiger partial charge is 0.0614 e. The Bertz CT molecular complexity index is 56.6. The average Bonchev–Trinajstić information content (AvgIpc) is 1.31. The minimum absolute atomic E-state index is 0. The summed E-state index contributed by atoms with van der Waals surface area (Å²) < 4.78 is 0. The monoisotopic (exact) mass is 174 g/mol. The van der Waals surface area contributed by atoms with Gasteiger partial charge in [-0.1, -0.05) is 13.8 Å². The standard InChI is InChI=1S/C6H14O.2ClH/c1-5(2)6(3,4)7;;/h5,7H,1-4H3;2*1H. The first-order valence-corrected chi connectivity index (χ1v) is 2.67. The first-order valence-electron chi connectivity index (χ1n) is 2.67. The topological polar surface area (TPSA) is 20.2 Å². The van der Waals surface area contributed by atoms with E-state index in [0.29, 0.717) is 5.92 Å². The number of aliphatic hydroxyl groups is 1. The van der Waals surface area contributed by atoms with Gasteiger partial charge in [0.2, 0.25) is 0 Å². The molecule has 0 fully saturated rings. The lowest BCUT2D eigenvalue weighted by Gasteiger charge is -2.21. The van der Waals surface area contributed by atoms with Gasteiger partial charge < -0.3 is 5.11 Å². The Kier molecular flexibility index (Phi) is 9.64. The van der Waals surface area contributed by atoms with Crippen molar-refractivity contribution in [3.63, 3.8) is 0 Å². The summed E-state index contributed by atoms with van der Waals surface area (Å²) in [6.07, 6.45) is 0. The van der Waals surface area contributed by atoms with E-state index in [4.69, 9.17) is 5.11 Å². The molecular formula is C6H16Cl2O. The predicted octanol–water partition coefficient (Wildman–Crippen LogP) is 2.26. The summed E-state index contributed by atoms with van der Waals surface area (Å²) >= 11 is 0. The molecule has 0 saturated carbocycles. The van der Waals surface area contributed by atoms with E-state index in [2.05, 4.69) is 0 Å². The van der Waals surface area contributed by atoms with E-state index in [0.717, 1.165) is 0 Å². The van der Waals surface area contributed by atoms with Gasteiger partial charge in [0, 0.05) is 0 Å². The molecule has 1 nitrogen and oxygen atoms in total. The molecule has 0 aromatic rings. The van der Waals surface area contributed by atoms with Gasteiger partial charge in [-0.15, -0.1) is 24.8 Å². The second kappa shape index (κ2) is 5.33. The van der Waals surface area contributed by atoms with Crippen molar-refractivity contribution in [3.05, 3.63) is 0 Å². The first-order chi connectivity index (χ1) is 2.94. The minimum atomic E-state index is -0.500. The van der Waals surface area contributed by atoms with Crippen LogP contribution in [0.15, 0.2) is 0 Å². The van der Waals surface area contributed by atoms with Gasteiger partial charge in [-0.05, 0) is 19.8 Å². The van der Waals surface area contributed by atoms with Crippen LogP contribution in [0.25, 0.3) is 0 Å². The molecule has 3 heteroatoms. The maximum absolute atomic E-state index is 9.09. The highest BCUT2D eigenvalue weighted by atomic mass is 35.5. The molecule has 0 rings (SSSR count). The van der Waals surface area contributed by atoms with Crippen molar-refractivity contribution >= 4 is 24.8 Å². The van der Waals surface area contributed by atoms with E-state index in [-0.39, 0.29) is 24.8 Å². The fraction of sp³-hybridized carbons (Fsp3) is 1.00. The summed E-state index contributed by atoms with van der Waals surface area (Å²) in [5.74, 6) is 0.354. The van der Waals surface area contributed by atoms with Gasteiger partial charge in [-0.2, -0.15) is 0 Å². The quantitative estimate of drug-likeness (QED) is 0.648. The van der Waals surface area contributed by atoms with E-state index in [1.54, 1.807) is 0 Å². The van der Waals surface area contributed by atoms with E-state index in [1.807, 2.05) is 27.7 Å². The van der Waals surface area contributed by atoms with Gasteiger partial charge in [0.05, 0.1) is 5.60 Å². The number of hydrogen-bond acceptors (Lipinski definition) is 1. The van der Waals surface area contributed by atoms with Crippen molar-refractivity contribution < 1.29 is 5.11 Å². The zero-order valence-corrected chi connectivity index (χ0v) is 7.97. The predicted molar refractivity (Wildman–Crippen MR) is 45.6 cm³/mol. The van der Waals surface area contributed by atoms with Gasteiger partial charge in [-0.3, -0.25) is 0 Å². The summed E-state index contributed by atoms with van der Waals surface area (Å²) in [4.78, 5) is 0. The molecule has 0 aliphatic heterocycles. The van der Waals surface area contributed by atoms with Crippen LogP contribution < -0.4 is 0 Å². The summed E-state index contributed by atoms with van der Waals surface area (Å²) in [6, 6.07) is 0. The Morgan fingerprint density at radius 2 is 1.22 bits per heavy atom. The van der Waals surface area contributed by atoms with E-state index >= 15 is 0 Å². The SMILES string of the molecule is CC(C)C(C)(C)O.Cl.Cl. The Morgan fingerprint density at radius 3 is 1.22 bits per heavy atom. The Balaban J connectivity index is -0.000000180. The number of halogens is 2. The molecule has 60 valence electrons. The molecule has 1 N–H and O–H groups in total. The van der Waals surface area contributed by atoms with Crippen molar-refractivity contribution in [1.29, 1.82) is 0 Å². The molecule has 0 spiro atoms. The second-order valence-electron chi connectivity index (χ2n) is 2.81. The largest absolute Gasteiger partial charge is 0.390 e. The van der Waals surface area contributed by atoms with Gasteiger partial charge in [0.25, 0.3) is 0 Å². The first kappa shape index (κ1) is 16.3. The number of rotatable bonds is 1. The van der Waals surface area contributed by atoms with Crippen LogP contribution in [-0.2, 0) is 0 Å². The third-order valence-corrected chi connectivity index (χ3v) is 1.41. The maximum Gasteiger partial charge on any atom is 0.0614 e. The van der Waals surface area contributed by atoms with Crippen molar-refractivity contribution in [2.75, 3.05) is 0 Å². The molecule has 0 radical (unpaired) electrons. The molecule has 0 heterocycles. The van der Waals surface area contributed by atoms with Crippen LogP contribution in [0, 0.1) is 5.92 Å². The Morgan fingerprint density at radius 1 is 1.11 bits per heavy atom. The molecule has 0 aliphatic rings. The van der Waals surface area contributed by atoms with Crippen LogP contribution in [-0.4, -0.2) is 10.7 Å². The molecule has 0 bridgehead atoms. The van der Waals surface area contributed by atoms with Crippen molar-refractivity contribution in [1.82, 2.24) is 0 Å². The molecule has 9 heavy (non-hydrogen) atoms. The van der Waals surface area contributed by atoms with Gasteiger partial charge in [0.15, 0.2) is 0 Å². The second-order valence-corrected chi connectivity index (χ2v) is 2.81. The minimum Gasteiger partial charge on any atom is -0.390 e. The van der Waals surface area contributed by atoms with Crippen molar-refractivity contribution in [2.45, 2.75) is 33.3 Å². The normalized spacial score (nSPS) is 10.0. The zero-order chi connectivity index (χ0) is 6.08. The fourth-order valence-corrected chi connectivity index (χ4v) is 0. The van der Waals surface area contributed by atoms with Crippen molar-refractivity contribution in [3.8, 4) is 0 Å². The number of hydrogen-bond donors (Lipinski definition) is 1. The van der Waals surface area contributed by atoms with E-state index in [9.17, 15) is 0 Å². The molecule has 0 aromatic heterocycles. The van der Waals surface area contributed by atoms with Gasteiger partial charge in [-0.25, -0.2) is 0 Å². The summed E-state index contributed by atoms with van der Waals surface area (Å²) in [6.45, 7) is 7.63. The van der Waals surface area contributed by atoms with E-state index < -0.39 is 5.60 Å². The highest BCUT2D eigenvalue weighted by molar-refractivity contribution is 5.85. The molecular weight excluding hydrogens is 159 g/mol. The third-order valence-electron chi connectivity index (χ3n) is 1.41. The molecule has 0 atom stereocenters. The molecule has 0 unspecified atom stereocenters. The summed E-state index contributed by atoms with van der Waals surface area (Å²) in [5, 5.41) is 9.09. The van der Waals surface area contributed by atoms with Gasteiger partial charge in [0.1, 0.15) is 0 Å². The van der Waals surface area contributed by atoms with Crippen LogP contribution in [0.5, 0.6) is 0 Å². The zero-order valence-electron chi connectivity index (χ0n) is 6.34. The third kappa shape index (κ3) is 8.54. The fourth-order valence-electron chi connectivity index (χ4n) is 0. The maximum atomic E-state index is 9.09. The summed E-state index contributed by atoms with van der Waals surface area (Å²) in [7, 11) is 0. The molecule has 0 aromatic carbocycles. The molecule has 0 amide bonds. The van der Waals surface area contributed by atoms with Crippen LogP contribution in [0.1, 0.15) is 27.7 Å². The van der Waals surface area contributed by atoms with Crippen LogP contribution in [0.3, 0.4) is 0 Å². The van der Waals surface area contributed by atoms with Crippen molar-refractivity contribution in [2.24, 2.45) is 5.92 Å². The van der Waals surface area contributed by atoms with E-state index in [1.165, 1.54) is 0 Å². The summed E-state index contributed by atoms with van der Waals surface area (Å²) in [5.41, 5.74) is -0.500. The highest BCUT2D eigenvalue weighted by Gasteiger charge is 2.16. The molecule has 0 aliphatic carbocycles. The lowest BCUT2D eigenvalue weighted by atomic mass is 9.95. The van der Waals surface area contributed by atoms with Crippen LogP contribution in [0.2, 0.25) is 0 Å². The molecule has 0 saturated heterocycles. The Hall–Kier alpha value is 0.540.